The summed E-state index contributed by atoms with van der Waals surface area (Å²) in [5.41, 5.74) is 2.12. The first-order chi connectivity index (χ1) is 10.3. The van der Waals surface area contributed by atoms with Crippen LogP contribution in [-0.2, 0) is 0 Å². The minimum absolute atomic E-state index is 0.0769. The molecular formula is C16H14Cl3NO2. The average Bonchev–Trinajstić information content (AvgIpc) is 2.45. The minimum atomic E-state index is -1.69. The Morgan fingerprint density at radius 2 is 1.59 bits per heavy atom. The number of hydrogen-bond donors (Lipinski definition) is 2. The van der Waals surface area contributed by atoms with Crippen LogP contribution in [0.2, 0.25) is 0 Å². The van der Waals surface area contributed by atoms with Crippen LogP contribution in [0.4, 0.5) is 0 Å². The Labute approximate surface area is 143 Å². The molecule has 22 heavy (non-hydrogen) atoms. The summed E-state index contributed by atoms with van der Waals surface area (Å²) in [7, 11) is 0. The first kappa shape index (κ1) is 16.9. The van der Waals surface area contributed by atoms with Gasteiger partial charge in [0.25, 0.3) is 5.91 Å². The minimum Gasteiger partial charge on any atom is -0.508 e. The fraction of sp³-hybridized carbons (Fsp3) is 0.188. The van der Waals surface area contributed by atoms with E-state index in [1.54, 1.807) is 12.1 Å². The van der Waals surface area contributed by atoms with E-state index in [9.17, 15) is 9.90 Å². The van der Waals surface area contributed by atoms with Crippen LogP contribution in [0.15, 0.2) is 48.5 Å². The maximum atomic E-state index is 12.3. The van der Waals surface area contributed by atoms with E-state index >= 15 is 0 Å². The molecule has 0 saturated carbocycles. The highest BCUT2D eigenvalue weighted by Gasteiger charge is 2.35. The van der Waals surface area contributed by atoms with Crippen LogP contribution in [0.5, 0.6) is 5.75 Å². The van der Waals surface area contributed by atoms with Crippen molar-refractivity contribution in [3.05, 3.63) is 65.2 Å². The number of nitrogens with one attached hydrogen (secondary N) is 1. The Balaban J connectivity index is 2.25. The van der Waals surface area contributed by atoms with E-state index < -0.39 is 15.7 Å². The normalized spacial score (nSPS) is 12.7. The molecule has 0 fully saturated rings. The molecule has 0 aromatic heterocycles. The lowest BCUT2D eigenvalue weighted by molar-refractivity contribution is 0.0937. The van der Waals surface area contributed by atoms with Gasteiger partial charge in [-0.05, 0) is 36.8 Å². The number of amides is 1. The summed E-state index contributed by atoms with van der Waals surface area (Å²) in [5, 5.41) is 12.0. The van der Waals surface area contributed by atoms with E-state index in [0.29, 0.717) is 11.1 Å². The van der Waals surface area contributed by atoms with Gasteiger partial charge in [0.15, 0.2) is 0 Å². The summed E-state index contributed by atoms with van der Waals surface area (Å²) in [6, 6.07) is 12.4. The van der Waals surface area contributed by atoms with Gasteiger partial charge in [0, 0.05) is 5.56 Å². The molecule has 0 radical (unpaired) electrons. The van der Waals surface area contributed by atoms with Gasteiger partial charge >= 0.3 is 0 Å². The zero-order valence-corrected chi connectivity index (χ0v) is 14.0. The van der Waals surface area contributed by atoms with Crippen LogP contribution in [0.3, 0.4) is 0 Å². The molecule has 0 spiro atoms. The third-order valence-corrected chi connectivity index (χ3v) is 3.80. The van der Waals surface area contributed by atoms with Gasteiger partial charge in [0.05, 0.1) is 0 Å². The van der Waals surface area contributed by atoms with E-state index in [1.165, 1.54) is 24.3 Å². The van der Waals surface area contributed by atoms with Crippen molar-refractivity contribution in [2.75, 3.05) is 0 Å². The number of aromatic hydroxyl groups is 1. The number of carbonyl (C=O) groups excluding carboxylic acids is 1. The molecule has 2 aromatic rings. The van der Waals surface area contributed by atoms with Crippen molar-refractivity contribution in [3.8, 4) is 5.75 Å². The van der Waals surface area contributed by atoms with E-state index in [2.05, 4.69) is 5.32 Å². The molecule has 3 nitrogen and oxygen atoms in total. The molecule has 2 rings (SSSR count). The second-order valence-electron chi connectivity index (χ2n) is 4.91. The zero-order chi connectivity index (χ0) is 16.3. The predicted octanol–water partition coefficient (Wildman–Crippen LogP) is 4.54. The van der Waals surface area contributed by atoms with Gasteiger partial charge in [-0.2, -0.15) is 0 Å². The number of aryl methyl sites for hydroxylation is 1. The van der Waals surface area contributed by atoms with Crippen LogP contribution in [0, 0.1) is 6.92 Å². The Hall–Kier alpha value is -1.42. The number of alkyl halides is 3. The average molecular weight is 359 g/mol. The molecule has 0 aliphatic heterocycles. The maximum Gasteiger partial charge on any atom is 0.251 e. The lowest BCUT2D eigenvalue weighted by Crippen LogP contribution is -2.36. The number of halogens is 3. The molecule has 2 N–H and O–H groups in total. The van der Waals surface area contributed by atoms with Gasteiger partial charge in [-0.25, -0.2) is 0 Å². The molecule has 0 aliphatic rings. The Morgan fingerprint density at radius 3 is 2.09 bits per heavy atom. The molecule has 1 amide bonds. The monoisotopic (exact) mass is 357 g/mol. The molecule has 0 saturated heterocycles. The van der Waals surface area contributed by atoms with E-state index in [0.717, 1.165) is 5.56 Å². The Kier molecular flexibility index (Phi) is 5.22. The lowest BCUT2D eigenvalue weighted by atomic mass is 10.1. The van der Waals surface area contributed by atoms with Gasteiger partial charge < -0.3 is 10.4 Å². The van der Waals surface area contributed by atoms with Crippen LogP contribution in [0.25, 0.3) is 0 Å². The summed E-state index contributed by atoms with van der Waals surface area (Å²) in [4.78, 5) is 12.3. The molecule has 6 heteroatoms. The molecule has 0 aliphatic carbocycles. The highest BCUT2D eigenvalue weighted by molar-refractivity contribution is 6.68. The number of carbonyl (C=O) groups is 1. The van der Waals surface area contributed by atoms with Gasteiger partial charge in [-0.1, -0.05) is 64.6 Å². The van der Waals surface area contributed by atoms with Gasteiger partial charge in [0.2, 0.25) is 3.79 Å². The SMILES string of the molecule is Cc1ccc(C(NC(=O)c2ccc(O)cc2)C(Cl)(Cl)Cl)cc1. The van der Waals surface area contributed by atoms with E-state index in [4.69, 9.17) is 34.8 Å². The highest BCUT2D eigenvalue weighted by atomic mass is 35.6. The van der Waals surface area contributed by atoms with Crippen LogP contribution in [0.1, 0.15) is 27.5 Å². The first-order valence-corrected chi connectivity index (χ1v) is 7.64. The predicted molar refractivity (Wildman–Crippen MR) is 89.8 cm³/mol. The van der Waals surface area contributed by atoms with Crippen molar-refractivity contribution in [1.29, 1.82) is 0 Å². The molecule has 1 atom stereocenters. The molecule has 1 unspecified atom stereocenters. The van der Waals surface area contributed by atoms with Crippen molar-refractivity contribution >= 4 is 40.7 Å². The van der Waals surface area contributed by atoms with Crippen molar-refractivity contribution in [1.82, 2.24) is 5.32 Å². The number of hydrogen-bond acceptors (Lipinski definition) is 2. The fourth-order valence-electron chi connectivity index (χ4n) is 1.94. The highest BCUT2D eigenvalue weighted by Crippen LogP contribution is 2.40. The second kappa shape index (κ2) is 6.78. The van der Waals surface area contributed by atoms with Gasteiger partial charge in [-0.15, -0.1) is 0 Å². The molecule has 0 bridgehead atoms. The Morgan fingerprint density at radius 1 is 1.05 bits per heavy atom. The summed E-state index contributed by atoms with van der Waals surface area (Å²) >= 11 is 18.0. The van der Waals surface area contributed by atoms with Gasteiger partial charge in [0.1, 0.15) is 11.8 Å². The van der Waals surface area contributed by atoms with E-state index in [-0.39, 0.29) is 5.75 Å². The first-order valence-electron chi connectivity index (χ1n) is 6.50. The standard InChI is InChI=1S/C16H14Cl3NO2/c1-10-2-4-11(5-3-10)14(16(17,18)19)20-15(22)12-6-8-13(21)9-7-12/h2-9,14,21H,1H3,(H,20,22). The molecule has 0 heterocycles. The van der Waals surface area contributed by atoms with E-state index in [1.807, 2.05) is 19.1 Å². The summed E-state index contributed by atoms with van der Waals surface area (Å²) in [5.74, 6) is -0.315. The van der Waals surface area contributed by atoms with Crippen LogP contribution >= 0.6 is 34.8 Å². The van der Waals surface area contributed by atoms with Gasteiger partial charge in [-0.3, -0.25) is 4.79 Å². The summed E-state index contributed by atoms with van der Waals surface area (Å²) in [6.45, 7) is 1.95. The third kappa shape index (κ3) is 4.29. The number of phenols is 1. The number of phenolic OH excluding ortho intramolecular Hbond substituents is 1. The number of benzene rings is 2. The summed E-state index contributed by atoms with van der Waals surface area (Å²) < 4.78 is -1.69. The topological polar surface area (TPSA) is 49.3 Å². The third-order valence-electron chi connectivity index (χ3n) is 3.14. The van der Waals surface area contributed by atoms with Crippen LogP contribution in [-0.4, -0.2) is 14.8 Å². The van der Waals surface area contributed by atoms with Crippen molar-refractivity contribution in [3.63, 3.8) is 0 Å². The zero-order valence-electron chi connectivity index (χ0n) is 11.7. The molecule has 2 aromatic carbocycles. The van der Waals surface area contributed by atoms with Crippen molar-refractivity contribution < 1.29 is 9.90 Å². The van der Waals surface area contributed by atoms with Crippen LogP contribution < -0.4 is 5.32 Å². The van der Waals surface area contributed by atoms with Crippen molar-refractivity contribution in [2.45, 2.75) is 16.8 Å². The Bertz CT molecular complexity index is 649. The smallest absolute Gasteiger partial charge is 0.251 e. The largest absolute Gasteiger partial charge is 0.508 e. The molecular weight excluding hydrogens is 345 g/mol. The quantitative estimate of drug-likeness (QED) is 0.791. The maximum absolute atomic E-state index is 12.3. The lowest BCUT2D eigenvalue weighted by Gasteiger charge is -2.26. The molecule has 116 valence electrons. The number of rotatable bonds is 3. The second-order valence-corrected chi connectivity index (χ2v) is 7.27. The van der Waals surface area contributed by atoms with Crippen molar-refractivity contribution in [2.24, 2.45) is 0 Å². The summed E-state index contributed by atoms with van der Waals surface area (Å²) in [6.07, 6.45) is 0. The fourth-order valence-corrected chi connectivity index (χ4v) is 2.48.